The molecular weight excluding hydrogens is 583 g/mol. The van der Waals surface area contributed by atoms with Gasteiger partial charge in [0, 0.05) is 24.7 Å². The zero-order valence-corrected chi connectivity index (χ0v) is 25.5. The topological polar surface area (TPSA) is 111 Å². The van der Waals surface area contributed by atoms with Crippen molar-refractivity contribution in [2.75, 3.05) is 39.9 Å². The Morgan fingerprint density at radius 2 is 1.69 bits per heavy atom. The maximum Gasteiger partial charge on any atom is 0.280 e. The molecule has 0 aliphatic rings. The molecule has 0 saturated carbocycles. The molecule has 0 atom stereocenters. The number of thiazole rings is 1. The maximum absolute atomic E-state index is 13.9. The van der Waals surface area contributed by atoms with Crippen molar-refractivity contribution in [3.05, 3.63) is 71.5 Å². The van der Waals surface area contributed by atoms with Crippen LogP contribution in [0.2, 0.25) is 0 Å². The van der Waals surface area contributed by atoms with Crippen molar-refractivity contribution in [2.45, 2.75) is 24.7 Å². The first-order chi connectivity index (χ1) is 20.1. The fourth-order valence-electron chi connectivity index (χ4n) is 4.04. The van der Waals surface area contributed by atoms with Crippen LogP contribution < -0.4 is 19.2 Å². The van der Waals surface area contributed by atoms with Crippen LogP contribution in [0.4, 0.5) is 9.52 Å². The van der Waals surface area contributed by atoms with Crippen LogP contribution in [0.25, 0.3) is 10.2 Å². The van der Waals surface area contributed by atoms with Crippen LogP contribution in [0.5, 0.6) is 17.2 Å². The molecular formula is C29H31FN4O6S2. The molecule has 10 nitrogen and oxygen atoms in total. The third-order valence-corrected chi connectivity index (χ3v) is 9.22. The molecule has 3 aromatic carbocycles. The number of hydrogen-bond donors (Lipinski definition) is 0. The Balaban J connectivity index is 1.73. The van der Waals surface area contributed by atoms with Crippen molar-refractivity contribution >= 4 is 48.8 Å². The Morgan fingerprint density at radius 1 is 1.02 bits per heavy atom. The first-order valence-corrected chi connectivity index (χ1v) is 15.2. The SMILES string of the molecule is CCCCN(C)S(=O)(=O)c1ccc(C(=O)N(/N=C/c2cc(OC)c(OC)c(OC)c2)c2nc3ccc(F)cc3s2)cc1. The highest BCUT2D eigenvalue weighted by atomic mass is 32.2. The van der Waals surface area contributed by atoms with Gasteiger partial charge in [-0.3, -0.25) is 4.79 Å². The van der Waals surface area contributed by atoms with Crippen molar-refractivity contribution in [1.29, 1.82) is 0 Å². The van der Waals surface area contributed by atoms with E-state index in [1.54, 1.807) is 12.1 Å². The molecule has 0 N–H and O–H groups in total. The quantitative estimate of drug-likeness (QED) is 0.152. The second kappa shape index (κ2) is 13.3. The van der Waals surface area contributed by atoms with Gasteiger partial charge in [0.1, 0.15) is 5.82 Å². The number of methoxy groups -OCH3 is 3. The van der Waals surface area contributed by atoms with E-state index in [2.05, 4.69) is 10.1 Å². The van der Waals surface area contributed by atoms with E-state index in [0.717, 1.165) is 29.2 Å². The van der Waals surface area contributed by atoms with Crippen LogP contribution >= 0.6 is 11.3 Å². The van der Waals surface area contributed by atoms with Crippen molar-refractivity contribution < 1.29 is 31.8 Å². The summed E-state index contributed by atoms with van der Waals surface area (Å²) in [6.07, 6.45) is 3.02. The normalized spacial score (nSPS) is 11.8. The summed E-state index contributed by atoms with van der Waals surface area (Å²) in [6.45, 7) is 2.37. The van der Waals surface area contributed by atoms with Crippen molar-refractivity contribution in [3.8, 4) is 17.2 Å². The molecule has 4 aromatic rings. The fraction of sp³-hybridized carbons (Fsp3) is 0.276. The Bertz CT molecular complexity index is 1680. The third-order valence-electron chi connectivity index (χ3n) is 6.36. The van der Waals surface area contributed by atoms with Gasteiger partial charge >= 0.3 is 0 Å². The van der Waals surface area contributed by atoms with Crippen molar-refractivity contribution in [3.63, 3.8) is 0 Å². The number of hydrogen-bond acceptors (Lipinski definition) is 9. The molecule has 0 aliphatic carbocycles. The fourth-order valence-corrected chi connectivity index (χ4v) is 6.19. The number of unbranched alkanes of at least 4 members (excludes halogenated alkanes) is 1. The van der Waals surface area contributed by atoms with Crippen molar-refractivity contribution in [2.24, 2.45) is 5.10 Å². The predicted octanol–water partition coefficient (Wildman–Crippen LogP) is 5.56. The predicted molar refractivity (Wildman–Crippen MR) is 161 cm³/mol. The second-order valence-electron chi connectivity index (χ2n) is 9.13. The van der Waals surface area contributed by atoms with E-state index in [4.69, 9.17) is 14.2 Å². The molecule has 222 valence electrons. The lowest BCUT2D eigenvalue weighted by molar-refractivity contribution is 0.0987. The second-order valence-corrected chi connectivity index (χ2v) is 12.2. The smallest absolute Gasteiger partial charge is 0.280 e. The van der Waals surface area contributed by atoms with E-state index in [1.807, 2.05) is 6.92 Å². The van der Waals surface area contributed by atoms with Gasteiger partial charge < -0.3 is 14.2 Å². The number of halogens is 1. The van der Waals surface area contributed by atoms with E-state index >= 15 is 0 Å². The number of nitrogens with zero attached hydrogens (tertiary/aromatic N) is 4. The van der Waals surface area contributed by atoms with E-state index in [9.17, 15) is 17.6 Å². The van der Waals surface area contributed by atoms with E-state index < -0.39 is 21.7 Å². The van der Waals surface area contributed by atoms with Crippen LogP contribution in [0.1, 0.15) is 35.7 Å². The third kappa shape index (κ3) is 6.53. The van der Waals surface area contributed by atoms with Gasteiger partial charge in [-0.25, -0.2) is 22.1 Å². The average molecular weight is 615 g/mol. The summed E-state index contributed by atoms with van der Waals surface area (Å²) in [5, 5.41) is 5.71. The lowest BCUT2D eigenvalue weighted by atomic mass is 10.2. The molecule has 0 fully saturated rings. The molecule has 42 heavy (non-hydrogen) atoms. The maximum atomic E-state index is 13.9. The number of fused-ring (bicyclic) bond motifs is 1. The van der Waals surface area contributed by atoms with Gasteiger partial charge in [-0.2, -0.15) is 10.1 Å². The van der Waals surface area contributed by atoms with Gasteiger partial charge in [0.05, 0.1) is 42.7 Å². The minimum absolute atomic E-state index is 0.0700. The Hall–Kier alpha value is -4.07. The first kappa shape index (κ1) is 30.9. The van der Waals surface area contributed by atoms with Crippen LogP contribution in [-0.4, -0.2) is 64.8 Å². The summed E-state index contributed by atoms with van der Waals surface area (Å²) in [6, 6.07) is 13.1. The molecule has 1 aromatic heterocycles. The summed E-state index contributed by atoms with van der Waals surface area (Å²) in [5.74, 6) is 0.187. The lowest BCUT2D eigenvalue weighted by Crippen LogP contribution is -2.28. The largest absolute Gasteiger partial charge is 0.493 e. The van der Waals surface area contributed by atoms with Crippen LogP contribution in [-0.2, 0) is 10.0 Å². The summed E-state index contributed by atoms with van der Waals surface area (Å²) >= 11 is 1.09. The zero-order valence-electron chi connectivity index (χ0n) is 23.8. The van der Waals surface area contributed by atoms with E-state index in [1.165, 1.54) is 81.4 Å². The van der Waals surface area contributed by atoms with Crippen molar-refractivity contribution in [1.82, 2.24) is 9.29 Å². The highest BCUT2D eigenvalue weighted by Gasteiger charge is 2.24. The molecule has 0 unspecified atom stereocenters. The number of hydrazone groups is 1. The Morgan fingerprint density at radius 3 is 2.29 bits per heavy atom. The zero-order chi connectivity index (χ0) is 30.4. The van der Waals surface area contributed by atoms with Gasteiger partial charge in [-0.05, 0) is 61.0 Å². The van der Waals surface area contributed by atoms with Crippen LogP contribution in [0.3, 0.4) is 0 Å². The number of anilines is 1. The number of carbonyl (C=O) groups excluding carboxylic acids is 1. The molecule has 0 saturated heterocycles. The number of aromatic nitrogens is 1. The number of ether oxygens (including phenoxy) is 3. The van der Waals surface area contributed by atoms with Gasteiger partial charge in [0.15, 0.2) is 11.5 Å². The Kier molecular flexibility index (Phi) is 9.76. The molecule has 4 rings (SSSR count). The highest BCUT2D eigenvalue weighted by molar-refractivity contribution is 7.89. The van der Waals surface area contributed by atoms with Crippen LogP contribution in [0.15, 0.2) is 64.6 Å². The summed E-state index contributed by atoms with van der Waals surface area (Å²) in [4.78, 5) is 18.3. The average Bonchev–Trinajstić information content (AvgIpc) is 3.41. The van der Waals surface area contributed by atoms with Gasteiger partial charge in [-0.1, -0.05) is 24.7 Å². The monoisotopic (exact) mass is 614 g/mol. The summed E-state index contributed by atoms with van der Waals surface area (Å²) in [7, 11) is 2.28. The summed E-state index contributed by atoms with van der Waals surface area (Å²) in [5.41, 5.74) is 1.21. The molecule has 0 spiro atoms. The minimum Gasteiger partial charge on any atom is -0.493 e. The lowest BCUT2D eigenvalue weighted by Gasteiger charge is -2.17. The van der Waals surface area contributed by atoms with Gasteiger partial charge in [-0.15, -0.1) is 0 Å². The van der Waals surface area contributed by atoms with E-state index in [-0.39, 0.29) is 15.6 Å². The molecule has 1 amide bonds. The molecule has 0 bridgehead atoms. The summed E-state index contributed by atoms with van der Waals surface area (Å²) < 4.78 is 57.8. The standard InChI is InChI=1S/C29H31FN4O6S2/c1-6-7-14-33(2)42(36,37)22-11-8-20(9-12-22)28(35)34(29-32-23-13-10-21(30)17-26(23)41-29)31-18-19-15-24(38-3)27(40-5)25(16-19)39-4/h8-13,15-18H,6-7,14H2,1-5H3/b31-18+. The van der Waals surface area contributed by atoms with Crippen LogP contribution in [0, 0.1) is 5.82 Å². The highest BCUT2D eigenvalue weighted by Crippen LogP contribution is 2.38. The number of carbonyl (C=O) groups is 1. The minimum atomic E-state index is -3.71. The number of rotatable bonds is 12. The van der Waals surface area contributed by atoms with Gasteiger partial charge in [0.25, 0.3) is 5.91 Å². The van der Waals surface area contributed by atoms with Gasteiger partial charge in [0.2, 0.25) is 20.9 Å². The first-order valence-electron chi connectivity index (χ1n) is 12.9. The Labute approximate surface area is 248 Å². The molecule has 13 heteroatoms. The number of amides is 1. The molecule has 0 radical (unpaired) electrons. The number of benzene rings is 3. The molecule has 0 aliphatic heterocycles. The van der Waals surface area contributed by atoms with E-state index in [0.29, 0.717) is 39.6 Å². The number of sulfonamides is 1. The molecule has 1 heterocycles.